The maximum Gasteiger partial charge on any atom is 0.131 e. The molecule has 0 saturated heterocycles. The van der Waals surface area contributed by atoms with E-state index in [2.05, 4.69) is 0 Å². The highest BCUT2D eigenvalue weighted by atomic mass is 19.1. The molecule has 4 heteroatoms. The number of halogens is 1. The summed E-state index contributed by atoms with van der Waals surface area (Å²) in [5, 5.41) is 8.94. The zero-order chi connectivity index (χ0) is 9.84. The Labute approximate surface area is 76.2 Å². The van der Waals surface area contributed by atoms with E-state index in [1.54, 1.807) is 0 Å². The number of phenols is 1. The van der Waals surface area contributed by atoms with E-state index < -0.39 is 11.9 Å². The first-order chi connectivity index (χ1) is 6.15. The summed E-state index contributed by atoms with van der Waals surface area (Å²) in [4.78, 5) is 0. The van der Waals surface area contributed by atoms with Crippen LogP contribution in [0.25, 0.3) is 0 Å². The highest BCUT2D eigenvalue weighted by molar-refractivity contribution is 5.29. The van der Waals surface area contributed by atoms with Crippen LogP contribution in [0.4, 0.5) is 4.39 Å². The van der Waals surface area contributed by atoms with Crippen LogP contribution >= 0.6 is 0 Å². The van der Waals surface area contributed by atoms with Crippen LogP contribution in [0.5, 0.6) is 5.75 Å². The first-order valence-corrected chi connectivity index (χ1v) is 4.09. The summed E-state index contributed by atoms with van der Waals surface area (Å²) in [5.41, 5.74) is 11.3. The van der Waals surface area contributed by atoms with Crippen molar-refractivity contribution in [1.29, 1.82) is 0 Å². The monoisotopic (exact) mass is 184 g/mol. The summed E-state index contributed by atoms with van der Waals surface area (Å²) in [6, 6.07) is 3.54. The standard InChI is InChI=1S/C9H13FN2O/c10-8-5-6(13)1-2-7(8)9(12)3-4-11/h1-2,5,9,13H,3-4,11-12H2/t9-/m1/s1. The number of benzene rings is 1. The second kappa shape index (κ2) is 4.20. The van der Waals surface area contributed by atoms with Gasteiger partial charge in [-0.3, -0.25) is 0 Å². The van der Waals surface area contributed by atoms with Crippen molar-refractivity contribution in [1.82, 2.24) is 0 Å². The van der Waals surface area contributed by atoms with Gasteiger partial charge in [0.15, 0.2) is 0 Å². The number of rotatable bonds is 3. The first-order valence-electron chi connectivity index (χ1n) is 4.09. The highest BCUT2D eigenvalue weighted by Gasteiger charge is 2.10. The molecule has 0 aromatic heterocycles. The molecule has 0 heterocycles. The molecular formula is C9H13FN2O. The number of hydrogen-bond acceptors (Lipinski definition) is 3. The summed E-state index contributed by atoms with van der Waals surface area (Å²) in [6.07, 6.45) is 0.529. The highest BCUT2D eigenvalue weighted by Crippen LogP contribution is 2.21. The van der Waals surface area contributed by atoms with Gasteiger partial charge in [-0.25, -0.2) is 4.39 Å². The molecule has 0 fully saturated rings. The molecule has 0 saturated carbocycles. The fourth-order valence-electron chi connectivity index (χ4n) is 1.15. The molecule has 13 heavy (non-hydrogen) atoms. The molecule has 0 aliphatic heterocycles. The van der Waals surface area contributed by atoms with Crippen molar-refractivity contribution in [2.24, 2.45) is 11.5 Å². The summed E-state index contributed by atoms with van der Waals surface area (Å²) in [7, 11) is 0. The Balaban J connectivity index is 2.88. The molecule has 0 unspecified atom stereocenters. The van der Waals surface area contributed by atoms with Gasteiger partial charge in [-0.15, -0.1) is 0 Å². The molecule has 3 nitrogen and oxygen atoms in total. The largest absolute Gasteiger partial charge is 0.508 e. The van der Waals surface area contributed by atoms with Gasteiger partial charge in [0.25, 0.3) is 0 Å². The molecule has 0 amide bonds. The van der Waals surface area contributed by atoms with Gasteiger partial charge in [0, 0.05) is 17.7 Å². The van der Waals surface area contributed by atoms with Gasteiger partial charge in [0.05, 0.1) is 0 Å². The maximum atomic E-state index is 13.1. The Hall–Kier alpha value is -1.13. The van der Waals surface area contributed by atoms with Crippen LogP contribution < -0.4 is 11.5 Å². The Morgan fingerprint density at radius 1 is 1.46 bits per heavy atom. The third-order valence-electron chi connectivity index (χ3n) is 1.86. The molecule has 5 N–H and O–H groups in total. The second-order valence-electron chi connectivity index (χ2n) is 2.89. The third-order valence-corrected chi connectivity index (χ3v) is 1.86. The number of aromatic hydroxyl groups is 1. The zero-order valence-corrected chi connectivity index (χ0v) is 7.20. The lowest BCUT2D eigenvalue weighted by Gasteiger charge is -2.11. The summed E-state index contributed by atoms with van der Waals surface area (Å²) < 4.78 is 13.1. The number of hydrogen-bond donors (Lipinski definition) is 3. The van der Waals surface area contributed by atoms with Gasteiger partial charge >= 0.3 is 0 Å². The van der Waals surface area contributed by atoms with Crippen LogP contribution in [0, 0.1) is 5.82 Å². The van der Waals surface area contributed by atoms with E-state index >= 15 is 0 Å². The van der Waals surface area contributed by atoms with Crippen LogP contribution in [-0.4, -0.2) is 11.7 Å². The predicted octanol–water partition coefficient (Wildman–Crippen LogP) is 0.880. The van der Waals surface area contributed by atoms with E-state index in [1.807, 2.05) is 0 Å². The van der Waals surface area contributed by atoms with E-state index in [0.29, 0.717) is 18.5 Å². The average molecular weight is 184 g/mol. The van der Waals surface area contributed by atoms with E-state index in [1.165, 1.54) is 12.1 Å². The molecular weight excluding hydrogens is 171 g/mol. The van der Waals surface area contributed by atoms with Crippen molar-refractivity contribution in [3.05, 3.63) is 29.6 Å². The summed E-state index contributed by atoms with van der Waals surface area (Å²) >= 11 is 0. The lowest BCUT2D eigenvalue weighted by atomic mass is 10.0. The lowest BCUT2D eigenvalue weighted by molar-refractivity contribution is 0.465. The minimum Gasteiger partial charge on any atom is -0.508 e. The molecule has 0 radical (unpaired) electrons. The van der Waals surface area contributed by atoms with E-state index in [4.69, 9.17) is 16.6 Å². The molecule has 0 aliphatic rings. The van der Waals surface area contributed by atoms with Crippen LogP contribution in [0.3, 0.4) is 0 Å². The molecule has 1 rings (SSSR count). The lowest BCUT2D eigenvalue weighted by Crippen LogP contribution is -2.16. The van der Waals surface area contributed by atoms with Crippen LogP contribution in [0.1, 0.15) is 18.0 Å². The maximum absolute atomic E-state index is 13.1. The van der Waals surface area contributed by atoms with Crippen molar-refractivity contribution in [3.63, 3.8) is 0 Å². The van der Waals surface area contributed by atoms with E-state index in [9.17, 15) is 4.39 Å². The van der Waals surface area contributed by atoms with Gasteiger partial charge in [0.1, 0.15) is 11.6 Å². The van der Waals surface area contributed by atoms with Gasteiger partial charge in [-0.2, -0.15) is 0 Å². The molecule has 72 valence electrons. The fraction of sp³-hybridized carbons (Fsp3) is 0.333. The average Bonchev–Trinajstić information content (AvgIpc) is 2.04. The van der Waals surface area contributed by atoms with Crippen molar-refractivity contribution >= 4 is 0 Å². The number of nitrogens with two attached hydrogens (primary N) is 2. The van der Waals surface area contributed by atoms with Gasteiger partial charge in [0.2, 0.25) is 0 Å². The summed E-state index contributed by atoms with van der Waals surface area (Å²) in [6.45, 7) is 0.418. The Morgan fingerprint density at radius 3 is 2.69 bits per heavy atom. The van der Waals surface area contributed by atoms with Gasteiger partial charge in [-0.05, 0) is 19.0 Å². The van der Waals surface area contributed by atoms with Crippen molar-refractivity contribution in [2.75, 3.05) is 6.54 Å². The van der Waals surface area contributed by atoms with Crippen molar-refractivity contribution < 1.29 is 9.50 Å². The Kier molecular flexibility index (Phi) is 3.22. The quantitative estimate of drug-likeness (QED) is 0.653. The zero-order valence-electron chi connectivity index (χ0n) is 7.20. The molecule has 0 aliphatic carbocycles. The summed E-state index contributed by atoms with van der Waals surface area (Å²) in [5.74, 6) is -0.581. The normalized spacial score (nSPS) is 12.8. The SMILES string of the molecule is NCC[C@@H](N)c1ccc(O)cc1F. The van der Waals surface area contributed by atoms with E-state index in [-0.39, 0.29) is 5.75 Å². The molecule has 1 aromatic rings. The van der Waals surface area contributed by atoms with Gasteiger partial charge < -0.3 is 16.6 Å². The second-order valence-corrected chi connectivity index (χ2v) is 2.89. The predicted molar refractivity (Wildman–Crippen MR) is 48.7 cm³/mol. The molecule has 0 bridgehead atoms. The van der Waals surface area contributed by atoms with Crippen LogP contribution in [0.15, 0.2) is 18.2 Å². The third kappa shape index (κ3) is 2.40. The topological polar surface area (TPSA) is 72.3 Å². The van der Waals surface area contributed by atoms with Crippen LogP contribution in [0.2, 0.25) is 0 Å². The Bertz CT molecular complexity index is 291. The van der Waals surface area contributed by atoms with Crippen molar-refractivity contribution in [3.8, 4) is 5.75 Å². The minimum absolute atomic E-state index is 0.0961. The van der Waals surface area contributed by atoms with E-state index in [0.717, 1.165) is 6.07 Å². The smallest absolute Gasteiger partial charge is 0.131 e. The van der Waals surface area contributed by atoms with Gasteiger partial charge in [-0.1, -0.05) is 6.07 Å². The molecule has 0 spiro atoms. The number of phenolic OH excluding ortho intramolecular Hbond substituents is 1. The Morgan fingerprint density at radius 2 is 2.15 bits per heavy atom. The first kappa shape index (κ1) is 9.95. The van der Waals surface area contributed by atoms with Crippen molar-refractivity contribution in [2.45, 2.75) is 12.5 Å². The fourth-order valence-corrected chi connectivity index (χ4v) is 1.15. The molecule has 1 atom stereocenters. The minimum atomic E-state index is -0.485. The van der Waals surface area contributed by atoms with Crippen LogP contribution in [-0.2, 0) is 0 Å². The molecule has 1 aromatic carbocycles.